The summed E-state index contributed by atoms with van der Waals surface area (Å²) in [7, 11) is 0. The maximum atomic E-state index is 12.8. The van der Waals surface area contributed by atoms with E-state index in [4.69, 9.17) is 11.6 Å². The zero-order chi connectivity index (χ0) is 14.0. The molecule has 0 saturated heterocycles. The molecule has 0 aliphatic carbocycles. The summed E-state index contributed by atoms with van der Waals surface area (Å²) in [5.74, 6) is 0. The van der Waals surface area contributed by atoms with Crippen molar-refractivity contribution in [3.63, 3.8) is 0 Å². The third kappa shape index (κ3) is 3.03. The minimum Gasteiger partial charge on any atom is -0.310 e. The molecule has 0 saturated carbocycles. The summed E-state index contributed by atoms with van der Waals surface area (Å²) in [6.45, 7) is 2.37. The van der Waals surface area contributed by atoms with Crippen LogP contribution in [-0.2, 0) is 12.7 Å². The molecule has 0 unspecified atom stereocenters. The Balaban J connectivity index is 2.39. The maximum Gasteiger partial charge on any atom is 0.434 e. The van der Waals surface area contributed by atoms with Crippen molar-refractivity contribution < 1.29 is 13.2 Å². The van der Waals surface area contributed by atoms with Crippen LogP contribution in [0.2, 0.25) is 5.28 Å². The van der Waals surface area contributed by atoms with E-state index in [-0.39, 0.29) is 10.2 Å². The molecule has 3 nitrogen and oxygen atoms in total. The van der Waals surface area contributed by atoms with Crippen molar-refractivity contribution in [3.8, 4) is 0 Å². The molecule has 0 N–H and O–H groups in total. The van der Waals surface area contributed by atoms with E-state index in [2.05, 4.69) is 9.97 Å². The second-order valence-corrected chi connectivity index (χ2v) is 4.96. The van der Waals surface area contributed by atoms with Crippen LogP contribution in [0.5, 0.6) is 0 Å². The lowest BCUT2D eigenvalue weighted by molar-refractivity contribution is -0.143. The van der Waals surface area contributed by atoms with E-state index >= 15 is 0 Å². The average molecular weight is 308 g/mol. The lowest BCUT2D eigenvalue weighted by Gasteiger charge is -2.11. The van der Waals surface area contributed by atoms with Crippen LogP contribution in [-0.4, -0.2) is 14.5 Å². The Kier molecular flexibility index (Phi) is 4.05. The Bertz CT molecular complexity index is 583. The number of pyridine rings is 1. The molecule has 0 aromatic carbocycles. The highest BCUT2D eigenvalue weighted by atomic mass is 35.5. The van der Waals surface area contributed by atoms with Gasteiger partial charge in [-0.25, -0.2) is 4.98 Å². The zero-order valence-corrected chi connectivity index (χ0v) is 11.4. The van der Waals surface area contributed by atoms with E-state index in [1.54, 1.807) is 4.57 Å². The Hall–Kier alpha value is -1.21. The first kappa shape index (κ1) is 14.2. The van der Waals surface area contributed by atoms with Crippen LogP contribution in [0.25, 0.3) is 0 Å². The van der Waals surface area contributed by atoms with Gasteiger partial charge in [0.05, 0.1) is 6.20 Å². The first-order valence-corrected chi connectivity index (χ1v) is 6.54. The van der Waals surface area contributed by atoms with E-state index in [1.807, 2.05) is 6.92 Å². The number of alkyl halides is 3. The minimum atomic E-state index is -4.48. The fraction of sp³-hybridized carbons (Fsp3) is 0.273. The lowest BCUT2D eigenvalue weighted by atomic mass is 10.3. The largest absolute Gasteiger partial charge is 0.434 e. The molecule has 102 valence electrons. The van der Waals surface area contributed by atoms with Crippen LogP contribution >= 0.6 is 23.4 Å². The molecule has 2 aromatic heterocycles. The number of halogens is 4. The van der Waals surface area contributed by atoms with Gasteiger partial charge in [0, 0.05) is 17.6 Å². The molecule has 0 aliphatic heterocycles. The van der Waals surface area contributed by atoms with Gasteiger partial charge in [-0.2, -0.15) is 13.2 Å². The van der Waals surface area contributed by atoms with Crippen LogP contribution in [0.3, 0.4) is 0 Å². The normalized spacial score (nSPS) is 11.8. The summed E-state index contributed by atoms with van der Waals surface area (Å²) in [6.07, 6.45) is -1.91. The molecule has 19 heavy (non-hydrogen) atoms. The Morgan fingerprint density at radius 2 is 2.11 bits per heavy atom. The molecular formula is C11H9ClF3N3S. The third-order valence-electron chi connectivity index (χ3n) is 2.34. The average Bonchev–Trinajstić information content (AvgIpc) is 2.69. The Morgan fingerprint density at radius 1 is 1.37 bits per heavy atom. The topological polar surface area (TPSA) is 30.7 Å². The second kappa shape index (κ2) is 5.42. The van der Waals surface area contributed by atoms with Crippen LogP contribution in [0.4, 0.5) is 13.2 Å². The summed E-state index contributed by atoms with van der Waals surface area (Å²) in [4.78, 5) is 7.31. The zero-order valence-electron chi connectivity index (χ0n) is 9.78. The van der Waals surface area contributed by atoms with Gasteiger partial charge < -0.3 is 4.57 Å². The molecule has 0 amide bonds. The molecule has 0 atom stereocenters. The molecule has 0 spiro atoms. The SMILES string of the molecule is CCn1c(Sc2cccnc2C(F)(F)F)cnc1Cl. The predicted molar refractivity (Wildman–Crippen MR) is 66.3 cm³/mol. The number of hydrogen-bond acceptors (Lipinski definition) is 3. The molecule has 0 radical (unpaired) electrons. The van der Waals surface area contributed by atoms with E-state index in [9.17, 15) is 13.2 Å². The van der Waals surface area contributed by atoms with Crippen molar-refractivity contribution in [2.24, 2.45) is 0 Å². The summed E-state index contributed by atoms with van der Waals surface area (Å²) in [6, 6.07) is 2.84. The van der Waals surface area contributed by atoms with Gasteiger partial charge in [-0.3, -0.25) is 4.98 Å². The Morgan fingerprint density at radius 3 is 2.74 bits per heavy atom. The quantitative estimate of drug-likeness (QED) is 0.854. The van der Waals surface area contributed by atoms with Crippen molar-refractivity contribution >= 4 is 23.4 Å². The molecule has 2 heterocycles. The number of imidazole rings is 1. The second-order valence-electron chi connectivity index (χ2n) is 3.56. The van der Waals surface area contributed by atoms with Crippen LogP contribution in [0.1, 0.15) is 12.6 Å². The van der Waals surface area contributed by atoms with Crippen LogP contribution in [0.15, 0.2) is 34.4 Å². The van der Waals surface area contributed by atoms with Crippen molar-refractivity contribution in [1.82, 2.24) is 14.5 Å². The van der Waals surface area contributed by atoms with E-state index in [1.165, 1.54) is 18.3 Å². The predicted octanol–water partition coefficient (Wildman–Crippen LogP) is 4.12. The van der Waals surface area contributed by atoms with Crippen molar-refractivity contribution in [3.05, 3.63) is 35.5 Å². The third-order valence-corrected chi connectivity index (χ3v) is 3.73. The smallest absolute Gasteiger partial charge is 0.310 e. The summed E-state index contributed by atoms with van der Waals surface area (Å²) >= 11 is 6.79. The van der Waals surface area contributed by atoms with E-state index < -0.39 is 11.9 Å². The van der Waals surface area contributed by atoms with Gasteiger partial charge in [0.25, 0.3) is 0 Å². The molecule has 0 aliphatic rings. The summed E-state index contributed by atoms with van der Waals surface area (Å²) < 4.78 is 40.1. The summed E-state index contributed by atoms with van der Waals surface area (Å²) in [5.41, 5.74) is -0.903. The maximum absolute atomic E-state index is 12.8. The van der Waals surface area contributed by atoms with Crippen molar-refractivity contribution in [2.45, 2.75) is 29.6 Å². The molecule has 0 fully saturated rings. The van der Waals surface area contributed by atoms with Gasteiger partial charge in [0.15, 0.2) is 5.69 Å². The lowest BCUT2D eigenvalue weighted by Crippen LogP contribution is -2.09. The van der Waals surface area contributed by atoms with Crippen LogP contribution in [0, 0.1) is 0 Å². The number of aromatic nitrogens is 3. The van der Waals surface area contributed by atoms with E-state index in [0.717, 1.165) is 18.0 Å². The van der Waals surface area contributed by atoms with Gasteiger partial charge in [-0.15, -0.1) is 0 Å². The number of nitrogens with zero attached hydrogens (tertiary/aromatic N) is 3. The minimum absolute atomic E-state index is 0.0290. The first-order valence-electron chi connectivity index (χ1n) is 5.34. The van der Waals surface area contributed by atoms with Crippen molar-refractivity contribution in [2.75, 3.05) is 0 Å². The van der Waals surface area contributed by atoms with Crippen molar-refractivity contribution in [1.29, 1.82) is 0 Å². The standard InChI is InChI=1S/C11H9ClF3N3S/c1-2-18-8(6-17-10(18)12)19-7-4-3-5-16-9(7)11(13,14)15/h3-6H,2H2,1H3. The van der Waals surface area contributed by atoms with Gasteiger partial charge in [-0.1, -0.05) is 11.8 Å². The Labute approximate surface area is 116 Å². The highest BCUT2D eigenvalue weighted by Crippen LogP contribution is 2.38. The molecule has 0 bridgehead atoms. The fourth-order valence-electron chi connectivity index (χ4n) is 1.51. The summed E-state index contributed by atoms with van der Waals surface area (Å²) in [5, 5.41) is 0.799. The van der Waals surface area contributed by atoms with Gasteiger partial charge in [-0.05, 0) is 30.7 Å². The van der Waals surface area contributed by atoms with Crippen LogP contribution < -0.4 is 0 Å². The van der Waals surface area contributed by atoms with Gasteiger partial charge >= 0.3 is 6.18 Å². The fourth-order valence-corrected chi connectivity index (χ4v) is 2.88. The van der Waals surface area contributed by atoms with E-state index in [0.29, 0.717) is 11.6 Å². The van der Waals surface area contributed by atoms with Gasteiger partial charge in [0.1, 0.15) is 5.03 Å². The van der Waals surface area contributed by atoms with Gasteiger partial charge in [0.2, 0.25) is 5.28 Å². The molecule has 2 aromatic rings. The highest BCUT2D eigenvalue weighted by molar-refractivity contribution is 7.99. The molecule has 2 rings (SSSR count). The first-order chi connectivity index (χ1) is 8.93. The monoisotopic (exact) mass is 307 g/mol. The number of hydrogen-bond donors (Lipinski definition) is 0. The molecule has 8 heteroatoms. The molecular weight excluding hydrogens is 299 g/mol. The highest BCUT2D eigenvalue weighted by Gasteiger charge is 2.35. The number of rotatable bonds is 3.